The molecule has 0 saturated heterocycles. The van der Waals surface area contributed by atoms with Crippen molar-refractivity contribution in [3.05, 3.63) is 29.8 Å². The summed E-state index contributed by atoms with van der Waals surface area (Å²) in [6.07, 6.45) is 1.06. The van der Waals surface area contributed by atoms with Crippen molar-refractivity contribution < 1.29 is 13.6 Å². The number of nitrogens with zero attached hydrogens (tertiary/aromatic N) is 1. The van der Waals surface area contributed by atoms with Crippen molar-refractivity contribution >= 4 is 21.5 Å². The van der Waals surface area contributed by atoms with Gasteiger partial charge in [-0.15, -0.1) is 0 Å². The highest BCUT2D eigenvalue weighted by molar-refractivity contribution is 7.92. The second kappa shape index (κ2) is 4.18. The predicted molar refractivity (Wildman–Crippen MR) is 57.4 cm³/mol. The molecule has 0 aliphatic heterocycles. The zero-order chi connectivity index (χ0) is 11.5. The van der Waals surface area contributed by atoms with Gasteiger partial charge in [-0.3, -0.25) is 4.72 Å². The standard InChI is InChI=1S/C8H11N3O3S/c1-15(13,14)11-7-4-2-6(3-5-7)8(9)10-12/h2-5,11-12H,1H3,(H2,9,10). The third-order valence-electron chi connectivity index (χ3n) is 1.59. The number of rotatable bonds is 3. The van der Waals surface area contributed by atoms with Crippen molar-refractivity contribution in [3.8, 4) is 0 Å². The van der Waals surface area contributed by atoms with E-state index in [1.807, 2.05) is 0 Å². The molecule has 4 N–H and O–H groups in total. The molecule has 0 aliphatic rings. The van der Waals surface area contributed by atoms with Gasteiger partial charge >= 0.3 is 0 Å². The fourth-order valence-corrected chi connectivity index (χ4v) is 1.55. The van der Waals surface area contributed by atoms with Crippen LogP contribution in [0.5, 0.6) is 0 Å². The van der Waals surface area contributed by atoms with Crippen LogP contribution in [0.2, 0.25) is 0 Å². The number of anilines is 1. The molecule has 0 aromatic heterocycles. The first-order chi connectivity index (χ1) is 6.92. The lowest BCUT2D eigenvalue weighted by atomic mass is 10.2. The molecule has 0 bridgehead atoms. The Bertz CT molecular complexity index is 464. The van der Waals surface area contributed by atoms with Gasteiger partial charge in [0.25, 0.3) is 0 Å². The molecule has 82 valence electrons. The Labute approximate surface area is 87.5 Å². The lowest BCUT2D eigenvalue weighted by Crippen LogP contribution is -2.13. The molecule has 0 radical (unpaired) electrons. The molecular formula is C8H11N3O3S. The quantitative estimate of drug-likeness (QED) is 0.297. The zero-order valence-electron chi connectivity index (χ0n) is 8.01. The molecule has 0 unspecified atom stereocenters. The highest BCUT2D eigenvalue weighted by Gasteiger charge is 2.02. The Morgan fingerprint density at radius 3 is 2.33 bits per heavy atom. The Morgan fingerprint density at radius 2 is 1.93 bits per heavy atom. The molecule has 15 heavy (non-hydrogen) atoms. The molecule has 0 atom stereocenters. The minimum absolute atomic E-state index is 0.0269. The fourth-order valence-electron chi connectivity index (χ4n) is 0.981. The van der Waals surface area contributed by atoms with Gasteiger partial charge in [0.05, 0.1) is 6.26 Å². The van der Waals surface area contributed by atoms with Crippen LogP contribution in [0.3, 0.4) is 0 Å². The first kappa shape index (κ1) is 11.3. The minimum Gasteiger partial charge on any atom is -0.409 e. The Balaban J connectivity index is 2.91. The molecular weight excluding hydrogens is 218 g/mol. The molecule has 0 fully saturated rings. The molecule has 1 aromatic rings. The number of nitrogens with two attached hydrogens (primary N) is 1. The van der Waals surface area contributed by atoms with Gasteiger partial charge in [0.1, 0.15) is 0 Å². The third-order valence-corrected chi connectivity index (χ3v) is 2.20. The zero-order valence-corrected chi connectivity index (χ0v) is 8.82. The average molecular weight is 229 g/mol. The fraction of sp³-hybridized carbons (Fsp3) is 0.125. The molecule has 0 spiro atoms. The van der Waals surface area contributed by atoms with Gasteiger partial charge in [0.15, 0.2) is 5.84 Å². The molecule has 0 aliphatic carbocycles. The molecule has 0 saturated carbocycles. The van der Waals surface area contributed by atoms with Gasteiger partial charge in [-0.1, -0.05) is 5.16 Å². The molecule has 6 nitrogen and oxygen atoms in total. The van der Waals surface area contributed by atoms with Crippen LogP contribution >= 0.6 is 0 Å². The van der Waals surface area contributed by atoms with Crippen molar-refractivity contribution in [2.75, 3.05) is 11.0 Å². The summed E-state index contributed by atoms with van der Waals surface area (Å²) in [5, 5.41) is 11.2. The van der Waals surface area contributed by atoms with E-state index in [1.165, 1.54) is 12.1 Å². The molecule has 0 heterocycles. The van der Waals surface area contributed by atoms with Crippen molar-refractivity contribution in [2.45, 2.75) is 0 Å². The largest absolute Gasteiger partial charge is 0.409 e. The van der Waals surface area contributed by atoms with Crippen molar-refractivity contribution in [1.82, 2.24) is 0 Å². The maximum atomic E-state index is 10.9. The number of benzene rings is 1. The van der Waals surface area contributed by atoms with Crippen LogP contribution in [0.15, 0.2) is 29.4 Å². The number of sulfonamides is 1. The minimum atomic E-state index is -3.28. The van der Waals surface area contributed by atoms with E-state index in [4.69, 9.17) is 10.9 Å². The van der Waals surface area contributed by atoms with Gasteiger partial charge < -0.3 is 10.9 Å². The summed E-state index contributed by atoms with van der Waals surface area (Å²) >= 11 is 0. The molecule has 0 amide bonds. The molecule has 7 heteroatoms. The van der Waals surface area contributed by atoms with Crippen LogP contribution < -0.4 is 10.5 Å². The lowest BCUT2D eigenvalue weighted by molar-refractivity contribution is 0.318. The summed E-state index contributed by atoms with van der Waals surface area (Å²) in [4.78, 5) is 0. The third kappa shape index (κ3) is 3.47. The van der Waals surface area contributed by atoms with Gasteiger partial charge in [0, 0.05) is 11.3 Å². The lowest BCUT2D eigenvalue weighted by Gasteiger charge is -2.04. The van der Waals surface area contributed by atoms with Crippen LogP contribution in [0.25, 0.3) is 0 Å². The van der Waals surface area contributed by atoms with Gasteiger partial charge in [0.2, 0.25) is 10.0 Å². The van der Waals surface area contributed by atoms with Gasteiger partial charge in [-0.2, -0.15) is 0 Å². The maximum Gasteiger partial charge on any atom is 0.229 e. The van der Waals surface area contributed by atoms with Crippen LogP contribution in [0.4, 0.5) is 5.69 Å². The summed E-state index contributed by atoms with van der Waals surface area (Å²) in [7, 11) is -3.28. The maximum absolute atomic E-state index is 10.9. The topological polar surface area (TPSA) is 105 Å². The van der Waals surface area contributed by atoms with E-state index < -0.39 is 10.0 Å². The first-order valence-electron chi connectivity index (χ1n) is 3.98. The summed E-state index contributed by atoms with van der Waals surface area (Å²) in [6.45, 7) is 0. The van der Waals surface area contributed by atoms with Crippen LogP contribution in [0, 0.1) is 0 Å². The Morgan fingerprint density at radius 1 is 1.40 bits per heavy atom. The van der Waals surface area contributed by atoms with E-state index in [1.54, 1.807) is 12.1 Å². The number of hydrogen-bond acceptors (Lipinski definition) is 4. The second-order valence-electron chi connectivity index (χ2n) is 2.94. The van der Waals surface area contributed by atoms with Crippen LogP contribution in [0.1, 0.15) is 5.56 Å². The van der Waals surface area contributed by atoms with Gasteiger partial charge in [-0.25, -0.2) is 8.42 Å². The van der Waals surface area contributed by atoms with E-state index in [0.717, 1.165) is 6.26 Å². The van der Waals surface area contributed by atoms with Crippen molar-refractivity contribution in [2.24, 2.45) is 10.9 Å². The van der Waals surface area contributed by atoms with E-state index in [-0.39, 0.29) is 5.84 Å². The van der Waals surface area contributed by atoms with E-state index in [0.29, 0.717) is 11.3 Å². The summed E-state index contributed by atoms with van der Waals surface area (Å²) < 4.78 is 24.0. The summed E-state index contributed by atoms with van der Waals surface area (Å²) in [5.41, 5.74) is 6.27. The Hall–Kier alpha value is -1.76. The van der Waals surface area contributed by atoms with Gasteiger partial charge in [-0.05, 0) is 24.3 Å². The smallest absolute Gasteiger partial charge is 0.229 e. The van der Waals surface area contributed by atoms with E-state index >= 15 is 0 Å². The average Bonchev–Trinajstić information content (AvgIpc) is 2.15. The highest BCUT2D eigenvalue weighted by atomic mass is 32.2. The molecule has 1 rings (SSSR count). The van der Waals surface area contributed by atoms with Crippen LogP contribution in [-0.2, 0) is 10.0 Å². The van der Waals surface area contributed by atoms with Crippen LogP contribution in [-0.4, -0.2) is 25.7 Å². The Kier molecular flexibility index (Phi) is 3.15. The normalized spacial score (nSPS) is 12.5. The molecule has 1 aromatic carbocycles. The number of amidine groups is 1. The number of oxime groups is 1. The van der Waals surface area contributed by atoms with Crippen molar-refractivity contribution in [3.63, 3.8) is 0 Å². The predicted octanol–water partition coefficient (Wildman–Crippen LogP) is 0.153. The number of hydrogen-bond donors (Lipinski definition) is 3. The first-order valence-corrected chi connectivity index (χ1v) is 5.87. The van der Waals surface area contributed by atoms with E-state index in [2.05, 4.69) is 9.88 Å². The number of nitrogens with one attached hydrogen (secondary N) is 1. The van der Waals surface area contributed by atoms with Crippen molar-refractivity contribution in [1.29, 1.82) is 0 Å². The monoisotopic (exact) mass is 229 g/mol. The summed E-state index contributed by atoms with van der Waals surface area (Å²) in [6, 6.07) is 6.13. The summed E-state index contributed by atoms with van der Waals surface area (Å²) in [5.74, 6) is -0.0269. The van der Waals surface area contributed by atoms with E-state index in [9.17, 15) is 8.42 Å². The second-order valence-corrected chi connectivity index (χ2v) is 4.69. The SMILES string of the molecule is CS(=O)(=O)Nc1ccc(/C(N)=N\O)cc1. The highest BCUT2D eigenvalue weighted by Crippen LogP contribution is 2.10.